The van der Waals surface area contributed by atoms with Crippen LogP contribution in [0.4, 0.5) is 11.4 Å². The van der Waals surface area contributed by atoms with E-state index in [0.717, 1.165) is 5.56 Å². The number of hydrogen-bond acceptors (Lipinski definition) is 6. The van der Waals surface area contributed by atoms with Crippen molar-refractivity contribution in [3.05, 3.63) is 55.7 Å². The quantitative estimate of drug-likeness (QED) is 0.488. The van der Waals surface area contributed by atoms with Gasteiger partial charge in [0.05, 0.1) is 11.3 Å². The molecule has 120 valence electrons. The van der Waals surface area contributed by atoms with Gasteiger partial charge in [-0.15, -0.1) is 0 Å². The van der Waals surface area contributed by atoms with Crippen molar-refractivity contribution < 1.29 is 19.2 Å². The summed E-state index contributed by atoms with van der Waals surface area (Å²) in [5.74, 6) is -1.24. The molecule has 23 heavy (non-hydrogen) atoms. The molecule has 0 bridgehead atoms. The van der Waals surface area contributed by atoms with Gasteiger partial charge < -0.3 is 10.1 Å². The molecule has 0 aliphatic carbocycles. The molecule has 1 heterocycles. The average molecular weight is 355 g/mol. The average Bonchev–Trinajstić information content (AvgIpc) is 2.98. The Morgan fingerprint density at radius 3 is 2.78 bits per heavy atom. The fourth-order valence-electron chi connectivity index (χ4n) is 1.71. The summed E-state index contributed by atoms with van der Waals surface area (Å²) in [6, 6.07) is 5.56. The summed E-state index contributed by atoms with van der Waals surface area (Å²) < 4.78 is 4.83. The van der Waals surface area contributed by atoms with Crippen molar-refractivity contribution in [3.8, 4) is 0 Å². The van der Waals surface area contributed by atoms with Gasteiger partial charge in [0.1, 0.15) is 5.69 Å². The zero-order valence-corrected chi connectivity index (χ0v) is 13.2. The Hall–Kier alpha value is -2.45. The molecular weight excluding hydrogens is 344 g/mol. The molecule has 0 atom stereocenters. The van der Waals surface area contributed by atoms with Gasteiger partial charge in [-0.3, -0.25) is 19.7 Å². The van der Waals surface area contributed by atoms with E-state index in [1.54, 1.807) is 11.4 Å². The molecule has 0 radical (unpaired) electrons. The van der Waals surface area contributed by atoms with Gasteiger partial charge in [-0.1, -0.05) is 11.6 Å². The maximum atomic E-state index is 11.8. The van der Waals surface area contributed by atoms with Crippen molar-refractivity contribution >= 4 is 46.2 Å². The zero-order chi connectivity index (χ0) is 16.8. The lowest BCUT2D eigenvalue weighted by atomic mass is 10.2. The number of halogens is 1. The molecule has 2 aromatic rings. The molecule has 0 aliphatic rings. The second-order valence-electron chi connectivity index (χ2n) is 4.44. The highest BCUT2D eigenvalue weighted by molar-refractivity contribution is 7.08. The van der Waals surface area contributed by atoms with Crippen molar-refractivity contribution in [2.24, 2.45) is 0 Å². The minimum absolute atomic E-state index is 0.0543. The molecule has 0 aliphatic heterocycles. The van der Waals surface area contributed by atoms with Gasteiger partial charge in [0.25, 0.3) is 11.6 Å². The van der Waals surface area contributed by atoms with Gasteiger partial charge in [0.2, 0.25) is 0 Å². The molecule has 2 rings (SSSR count). The van der Waals surface area contributed by atoms with E-state index in [1.165, 1.54) is 29.5 Å². The predicted molar refractivity (Wildman–Crippen MR) is 85.7 cm³/mol. The van der Waals surface area contributed by atoms with E-state index < -0.39 is 23.4 Å². The highest BCUT2D eigenvalue weighted by atomic mass is 35.5. The van der Waals surface area contributed by atoms with Crippen molar-refractivity contribution in [1.82, 2.24) is 0 Å². The van der Waals surface area contributed by atoms with Crippen LogP contribution >= 0.6 is 22.9 Å². The van der Waals surface area contributed by atoms with Crippen LogP contribution in [0, 0.1) is 10.1 Å². The standard InChI is InChI=1S/C14H11ClN2O5S/c15-10-1-2-12(17(20)21)11(6-10)16-13(18)7-22-14(19)5-9-3-4-23-8-9/h1-4,6,8H,5,7H2,(H,16,18). The number of amides is 1. The number of nitro benzene ring substituents is 1. The number of benzene rings is 1. The van der Waals surface area contributed by atoms with Gasteiger partial charge in [0.15, 0.2) is 6.61 Å². The number of carbonyl (C=O) groups is 2. The van der Waals surface area contributed by atoms with Crippen LogP contribution in [0.15, 0.2) is 35.0 Å². The maximum absolute atomic E-state index is 11.8. The largest absolute Gasteiger partial charge is 0.455 e. The number of ether oxygens (including phenoxy) is 1. The molecule has 0 saturated carbocycles. The summed E-state index contributed by atoms with van der Waals surface area (Å²) in [6.07, 6.45) is 0.0636. The first-order valence-electron chi connectivity index (χ1n) is 6.36. The van der Waals surface area contributed by atoms with Gasteiger partial charge >= 0.3 is 5.97 Å². The first kappa shape index (κ1) is 16.9. The molecule has 1 aromatic heterocycles. The van der Waals surface area contributed by atoms with E-state index in [0.29, 0.717) is 0 Å². The number of nitrogens with one attached hydrogen (secondary N) is 1. The lowest BCUT2D eigenvalue weighted by Crippen LogP contribution is -2.22. The van der Waals surface area contributed by atoms with Crippen LogP contribution in [0.1, 0.15) is 5.56 Å². The summed E-state index contributed by atoms with van der Waals surface area (Å²) in [5.41, 5.74) is 0.444. The fraction of sp³-hybridized carbons (Fsp3) is 0.143. The van der Waals surface area contributed by atoms with E-state index in [-0.39, 0.29) is 22.8 Å². The van der Waals surface area contributed by atoms with Crippen molar-refractivity contribution in [3.63, 3.8) is 0 Å². The smallest absolute Gasteiger partial charge is 0.310 e. The fourth-order valence-corrected chi connectivity index (χ4v) is 2.55. The summed E-state index contributed by atoms with van der Waals surface area (Å²) in [6.45, 7) is -0.535. The molecule has 0 saturated heterocycles. The lowest BCUT2D eigenvalue weighted by molar-refractivity contribution is -0.383. The summed E-state index contributed by atoms with van der Waals surface area (Å²) in [5, 5.41) is 17.1. The minimum Gasteiger partial charge on any atom is -0.455 e. The molecule has 1 aromatic carbocycles. The summed E-state index contributed by atoms with van der Waals surface area (Å²) in [4.78, 5) is 33.6. The number of anilines is 1. The second kappa shape index (κ2) is 7.70. The van der Waals surface area contributed by atoms with E-state index in [1.807, 2.05) is 5.38 Å². The van der Waals surface area contributed by atoms with Crippen LogP contribution in [0.2, 0.25) is 5.02 Å². The Labute approximate surface area is 140 Å². The van der Waals surface area contributed by atoms with Gasteiger partial charge in [0, 0.05) is 11.1 Å². The molecular formula is C14H11ClN2O5S. The van der Waals surface area contributed by atoms with Gasteiger partial charge in [-0.05, 0) is 34.5 Å². The molecule has 0 spiro atoms. The molecule has 9 heteroatoms. The van der Waals surface area contributed by atoms with Crippen LogP contribution in [-0.4, -0.2) is 23.4 Å². The third-order valence-corrected chi connectivity index (χ3v) is 3.69. The zero-order valence-electron chi connectivity index (χ0n) is 11.7. The third-order valence-electron chi connectivity index (χ3n) is 2.72. The molecule has 7 nitrogen and oxygen atoms in total. The van der Waals surface area contributed by atoms with E-state index >= 15 is 0 Å². The first-order valence-corrected chi connectivity index (χ1v) is 7.68. The molecule has 0 fully saturated rings. The first-order chi connectivity index (χ1) is 11.0. The Morgan fingerprint density at radius 2 is 2.13 bits per heavy atom. The van der Waals surface area contributed by atoms with Crippen molar-refractivity contribution in [2.75, 3.05) is 11.9 Å². The monoisotopic (exact) mass is 354 g/mol. The van der Waals surface area contributed by atoms with E-state index in [9.17, 15) is 19.7 Å². The lowest BCUT2D eigenvalue weighted by Gasteiger charge is -2.07. The second-order valence-corrected chi connectivity index (χ2v) is 5.65. The normalized spacial score (nSPS) is 10.1. The summed E-state index contributed by atoms with van der Waals surface area (Å²) in [7, 11) is 0. The Morgan fingerprint density at radius 1 is 1.35 bits per heavy atom. The number of esters is 1. The summed E-state index contributed by atoms with van der Waals surface area (Å²) >= 11 is 7.20. The number of hydrogen-bond donors (Lipinski definition) is 1. The predicted octanol–water partition coefficient (Wildman–Crippen LogP) is 3.03. The number of nitrogens with zero attached hydrogens (tertiary/aromatic N) is 1. The number of rotatable bonds is 6. The minimum atomic E-state index is -0.686. The van der Waals surface area contributed by atoms with Crippen LogP contribution in [0.25, 0.3) is 0 Å². The Bertz CT molecular complexity index is 733. The number of nitro groups is 1. The van der Waals surface area contributed by atoms with Crippen molar-refractivity contribution in [2.45, 2.75) is 6.42 Å². The Kier molecular flexibility index (Phi) is 5.67. The van der Waals surface area contributed by atoms with Gasteiger partial charge in [-0.25, -0.2) is 0 Å². The van der Waals surface area contributed by atoms with Crippen LogP contribution in [0.5, 0.6) is 0 Å². The SMILES string of the molecule is O=C(COC(=O)Cc1ccsc1)Nc1cc(Cl)ccc1[N+](=O)[O-]. The highest BCUT2D eigenvalue weighted by Crippen LogP contribution is 2.27. The Balaban J connectivity index is 1.91. The molecule has 0 unspecified atom stereocenters. The van der Waals surface area contributed by atoms with Crippen LogP contribution in [-0.2, 0) is 20.7 Å². The molecule has 1 amide bonds. The maximum Gasteiger partial charge on any atom is 0.310 e. The van der Waals surface area contributed by atoms with E-state index in [4.69, 9.17) is 16.3 Å². The number of carbonyl (C=O) groups excluding carboxylic acids is 2. The molecule has 1 N–H and O–H groups in total. The topological polar surface area (TPSA) is 98.5 Å². The van der Waals surface area contributed by atoms with Crippen LogP contribution < -0.4 is 5.32 Å². The van der Waals surface area contributed by atoms with Crippen LogP contribution in [0.3, 0.4) is 0 Å². The van der Waals surface area contributed by atoms with Crippen molar-refractivity contribution in [1.29, 1.82) is 0 Å². The highest BCUT2D eigenvalue weighted by Gasteiger charge is 2.17. The number of thiophene rings is 1. The van der Waals surface area contributed by atoms with Gasteiger partial charge in [-0.2, -0.15) is 11.3 Å². The van der Waals surface area contributed by atoms with E-state index in [2.05, 4.69) is 5.32 Å². The third kappa shape index (κ3) is 5.04.